The molecule has 4 nitrogen and oxygen atoms in total. The molecule has 0 aliphatic heterocycles. The van der Waals surface area contributed by atoms with Gasteiger partial charge in [0.05, 0.1) is 5.56 Å². The fraction of sp³-hybridized carbons (Fsp3) is 0.250. The van der Waals surface area contributed by atoms with Crippen LogP contribution in [0.25, 0.3) is 0 Å². The van der Waals surface area contributed by atoms with Crippen LogP contribution in [0.4, 0.5) is 19.0 Å². The van der Waals surface area contributed by atoms with Crippen molar-refractivity contribution in [3.63, 3.8) is 0 Å². The lowest BCUT2D eigenvalue weighted by Gasteiger charge is -2.12. The molecular weight excluding hydrogens is 309 g/mol. The van der Waals surface area contributed by atoms with Gasteiger partial charge in [0, 0.05) is 12.1 Å². The topological polar surface area (TPSA) is 62.2 Å². The molecule has 2 aromatic rings. The number of amides is 1. The number of anilines is 1. The highest BCUT2D eigenvalue weighted by Gasteiger charge is 2.48. The highest BCUT2D eigenvalue weighted by Crippen LogP contribution is 2.51. The Morgan fingerprint density at radius 1 is 1.22 bits per heavy atom. The third-order valence-corrected chi connectivity index (χ3v) is 3.82. The molecule has 0 radical (unpaired) electrons. The minimum absolute atomic E-state index is 0.00672. The van der Waals surface area contributed by atoms with Crippen LogP contribution < -0.4 is 5.32 Å². The Kier molecular flexibility index (Phi) is 3.71. The number of alkyl halides is 3. The smallest absolute Gasteiger partial charge is 0.416 e. The second kappa shape index (κ2) is 5.57. The number of nitrogens with one attached hydrogen (secondary N) is 1. The number of aromatic hydroxyl groups is 1. The summed E-state index contributed by atoms with van der Waals surface area (Å²) in [5.74, 6) is -1.65. The predicted molar refractivity (Wildman–Crippen MR) is 76.8 cm³/mol. The van der Waals surface area contributed by atoms with Gasteiger partial charge in [-0.1, -0.05) is 18.2 Å². The molecule has 1 saturated carbocycles. The van der Waals surface area contributed by atoms with Crippen molar-refractivity contribution in [1.82, 2.24) is 4.98 Å². The largest absolute Gasteiger partial charge is 0.504 e. The lowest BCUT2D eigenvalue weighted by atomic mass is 10.0. The summed E-state index contributed by atoms with van der Waals surface area (Å²) < 4.78 is 39.1. The van der Waals surface area contributed by atoms with E-state index >= 15 is 0 Å². The second-order valence-corrected chi connectivity index (χ2v) is 5.39. The maximum absolute atomic E-state index is 13.0. The number of rotatable bonds is 3. The third kappa shape index (κ3) is 3.13. The Hall–Kier alpha value is -2.57. The van der Waals surface area contributed by atoms with Crippen LogP contribution >= 0.6 is 0 Å². The maximum atomic E-state index is 13.0. The molecule has 1 amide bonds. The molecule has 23 heavy (non-hydrogen) atoms. The summed E-state index contributed by atoms with van der Waals surface area (Å²) in [4.78, 5) is 15.9. The van der Waals surface area contributed by atoms with Crippen LogP contribution in [-0.4, -0.2) is 16.0 Å². The molecule has 0 spiro atoms. The standard InChI is InChI=1S/C16H13F3N2O2/c17-16(18,19)12-5-2-1-4-9(12)10-8-11(10)15(23)21-14-13(22)6-3-7-20-14/h1-7,10-11,22H,8H2,(H,20,21,23)/t10-,11-/m0/s1. The molecule has 1 fully saturated rings. The van der Waals surface area contributed by atoms with Crippen molar-refractivity contribution in [3.8, 4) is 5.75 Å². The average Bonchev–Trinajstić information content (AvgIpc) is 3.29. The van der Waals surface area contributed by atoms with E-state index in [9.17, 15) is 23.1 Å². The van der Waals surface area contributed by atoms with Crippen LogP contribution in [0.1, 0.15) is 23.5 Å². The Morgan fingerprint density at radius 2 is 1.96 bits per heavy atom. The highest BCUT2D eigenvalue weighted by molar-refractivity contribution is 5.95. The van der Waals surface area contributed by atoms with Gasteiger partial charge >= 0.3 is 6.18 Å². The lowest BCUT2D eigenvalue weighted by molar-refractivity contribution is -0.138. The Morgan fingerprint density at radius 3 is 2.65 bits per heavy atom. The molecule has 1 aromatic heterocycles. The van der Waals surface area contributed by atoms with Crippen LogP contribution in [0.2, 0.25) is 0 Å². The van der Waals surface area contributed by atoms with Crippen LogP contribution in [0.5, 0.6) is 5.75 Å². The quantitative estimate of drug-likeness (QED) is 0.908. The van der Waals surface area contributed by atoms with Gasteiger partial charge in [0.1, 0.15) is 0 Å². The highest BCUT2D eigenvalue weighted by atomic mass is 19.4. The van der Waals surface area contributed by atoms with Gasteiger partial charge in [-0.3, -0.25) is 4.79 Å². The first-order valence-electron chi connectivity index (χ1n) is 6.99. The SMILES string of the molecule is O=C(Nc1ncccc1O)[C@H]1C[C@H]1c1ccccc1C(F)(F)F. The van der Waals surface area contributed by atoms with Gasteiger partial charge in [-0.25, -0.2) is 4.98 Å². The summed E-state index contributed by atoms with van der Waals surface area (Å²) in [5.41, 5.74) is -0.577. The zero-order valence-electron chi connectivity index (χ0n) is 11.8. The molecule has 0 unspecified atom stereocenters. The first kappa shape index (κ1) is 15.3. The summed E-state index contributed by atoms with van der Waals surface area (Å²) >= 11 is 0. The van der Waals surface area contributed by atoms with Crippen molar-refractivity contribution < 1.29 is 23.1 Å². The number of aromatic nitrogens is 1. The number of pyridine rings is 1. The van der Waals surface area contributed by atoms with E-state index in [-0.39, 0.29) is 17.1 Å². The van der Waals surface area contributed by atoms with Crippen LogP contribution in [0, 0.1) is 5.92 Å². The molecule has 1 aliphatic carbocycles. The van der Waals surface area contributed by atoms with Gasteiger partial charge in [-0.2, -0.15) is 13.2 Å². The van der Waals surface area contributed by atoms with Gasteiger partial charge in [0.2, 0.25) is 5.91 Å². The monoisotopic (exact) mass is 322 g/mol. The Balaban J connectivity index is 1.75. The zero-order chi connectivity index (χ0) is 16.6. The average molecular weight is 322 g/mol. The fourth-order valence-electron chi connectivity index (χ4n) is 2.61. The van der Waals surface area contributed by atoms with Crippen molar-refractivity contribution in [3.05, 3.63) is 53.7 Å². The summed E-state index contributed by atoms with van der Waals surface area (Å²) in [6, 6.07) is 8.15. The molecule has 0 bridgehead atoms. The third-order valence-electron chi connectivity index (χ3n) is 3.82. The van der Waals surface area contributed by atoms with Crippen molar-refractivity contribution in [2.45, 2.75) is 18.5 Å². The van der Waals surface area contributed by atoms with Crippen LogP contribution in [-0.2, 0) is 11.0 Å². The number of benzene rings is 1. The van der Waals surface area contributed by atoms with Gasteiger partial charge in [-0.15, -0.1) is 0 Å². The second-order valence-electron chi connectivity index (χ2n) is 5.39. The van der Waals surface area contributed by atoms with E-state index < -0.39 is 29.5 Å². The summed E-state index contributed by atoms with van der Waals surface area (Å²) in [7, 11) is 0. The number of nitrogens with zero attached hydrogens (tertiary/aromatic N) is 1. The maximum Gasteiger partial charge on any atom is 0.416 e. The number of halogens is 3. The molecule has 1 heterocycles. The van der Waals surface area contributed by atoms with E-state index in [0.29, 0.717) is 6.42 Å². The number of carbonyl (C=O) groups excluding carboxylic acids is 1. The zero-order valence-corrected chi connectivity index (χ0v) is 11.8. The van der Waals surface area contributed by atoms with E-state index in [4.69, 9.17) is 0 Å². The van der Waals surface area contributed by atoms with E-state index in [1.54, 1.807) is 0 Å². The minimum atomic E-state index is -4.44. The van der Waals surface area contributed by atoms with Crippen molar-refractivity contribution >= 4 is 11.7 Å². The van der Waals surface area contributed by atoms with Crippen molar-refractivity contribution in [2.24, 2.45) is 5.92 Å². The van der Waals surface area contributed by atoms with Gasteiger partial charge in [-0.05, 0) is 36.1 Å². The van der Waals surface area contributed by atoms with E-state index in [1.165, 1.54) is 36.5 Å². The molecule has 120 valence electrons. The van der Waals surface area contributed by atoms with E-state index in [2.05, 4.69) is 10.3 Å². The summed E-state index contributed by atoms with van der Waals surface area (Å²) in [6.45, 7) is 0. The number of hydrogen-bond donors (Lipinski definition) is 2. The van der Waals surface area contributed by atoms with Gasteiger partial charge in [0.25, 0.3) is 0 Å². The first-order valence-corrected chi connectivity index (χ1v) is 6.99. The first-order chi connectivity index (χ1) is 10.9. The summed E-state index contributed by atoms with van der Waals surface area (Å²) in [5, 5.41) is 12.0. The van der Waals surface area contributed by atoms with E-state index in [1.807, 2.05) is 0 Å². The molecular formula is C16H13F3N2O2. The normalized spacial score (nSPS) is 20.1. The van der Waals surface area contributed by atoms with Gasteiger partial charge in [0.15, 0.2) is 11.6 Å². The van der Waals surface area contributed by atoms with Gasteiger partial charge < -0.3 is 10.4 Å². The van der Waals surface area contributed by atoms with Crippen molar-refractivity contribution in [2.75, 3.05) is 5.32 Å². The van der Waals surface area contributed by atoms with E-state index in [0.717, 1.165) is 6.07 Å². The van der Waals surface area contributed by atoms with Crippen molar-refractivity contribution in [1.29, 1.82) is 0 Å². The predicted octanol–water partition coefficient (Wildman–Crippen LogP) is 3.55. The van der Waals surface area contributed by atoms with Crippen LogP contribution in [0.15, 0.2) is 42.6 Å². The minimum Gasteiger partial charge on any atom is -0.504 e. The molecule has 2 N–H and O–H groups in total. The number of carbonyl (C=O) groups is 1. The molecule has 0 saturated heterocycles. The molecule has 3 rings (SSSR count). The Bertz CT molecular complexity index is 746. The summed E-state index contributed by atoms with van der Waals surface area (Å²) in [6.07, 6.45) is -2.70. The molecule has 7 heteroatoms. The molecule has 1 aromatic carbocycles. The molecule has 1 aliphatic rings. The molecule has 2 atom stereocenters. The Labute approximate surface area is 130 Å². The van der Waals surface area contributed by atoms with Crippen LogP contribution in [0.3, 0.4) is 0 Å². The fourth-order valence-corrected chi connectivity index (χ4v) is 2.61. The number of hydrogen-bond acceptors (Lipinski definition) is 3. The lowest BCUT2D eigenvalue weighted by Crippen LogP contribution is -2.16.